The maximum atomic E-state index is 4.07. The van der Waals surface area contributed by atoms with E-state index in [1.807, 2.05) is 0 Å². The standard InChI is InChI=1S/C17H32Si3/c1-11-14-12-13-15(18(2,3)4)17(20(8,9)10)16(14)19(5,6)7/h11-13H,1H2,2-10H3. The van der Waals surface area contributed by atoms with E-state index in [4.69, 9.17) is 0 Å². The van der Waals surface area contributed by atoms with E-state index in [9.17, 15) is 0 Å². The average molecular weight is 321 g/mol. The van der Waals surface area contributed by atoms with Gasteiger partial charge in [-0.1, -0.05) is 99.3 Å². The molecule has 0 aliphatic heterocycles. The van der Waals surface area contributed by atoms with Gasteiger partial charge in [0, 0.05) is 0 Å². The van der Waals surface area contributed by atoms with Crippen LogP contribution in [0.15, 0.2) is 18.7 Å². The second-order valence-electron chi connectivity index (χ2n) is 8.91. The minimum Gasteiger partial charge on any atom is -0.0985 e. The minimum absolute atomic E-state index is 1.31. The summed E-state index contributed by atoms with van der Waals surface area (Å²) in [6.07, 6.45) is 2.07. The van der Waals surface area contributed by atoms with Gasteiger partial charge in [0.25, 0.3) is 0 Å². The molecule has 0 bridgehead atoms. The van der Waals surface area contributed by atoms with Gasteiger partial charge in [-0.3, -0.25) is 0 Å². The van der Waals surface area contributed by atoms with E-state index in [2.05, 4.69) is 83.7 Å². The Morgan fingerprint density at radius 2 is 1.15 bits per heavy atom. The van der Waals surface area contributed by atoms with Crippen molar-refractivity contribution in [2.45, 2.75) is 58.9 Å². The lowest BCUT2D eigenvalue weighted by Crippen LogP contribution is -2.67. The van der Waals surface area contributed by atoms with E-state index in [0.717, 1.165) is 0 Å². The largest absolute Gasteiger partial charge is 0.0985 e. The summed E-state index contributed by atoms with van der Waals surface area (Å²) in [7, 11) is -4.06. The minimum atomic E-state index is -1.38. The van der Waals surface area contributed by atoms with Crippen molar-refractivity contribution in [2.75, 3.05) is 0 Å². The van der Waals surface area contributed by atoms with Crippen LogP contribution in [0.25, 0.3) is 6.08 Å². The van der Waals surface area contributed by atoms with Crippen LogP contribution in [0.2, 0.25) is 58.9 Å². The summed E-state index contributed by atoms with van der Waals surface area (Å²) in [5.41, 5.74) is 1.39. The zero-order chi connectivity index (χ0) is 15.9. The van der Waals surface area contributed by atoms with Gasteiger partial charge in [-0.15, -0.1) is 0 Å². The molecule has 0 saturated heterocycles. The van der Waals surface area contributed by atoms with Gasteiger partial charge >= 0.3 is 0 Å². The van der Waals surface area contributed by atoms with Gasteiger partial charge in [-0.25, -0.2) is 0 Å². The highest BCUT2D eigenvalue weighted by molar-refractivity contribution is 7.04. The molecule has 0 spiro atoms. The summed E-state index contributed by atoms with van der Waals surface area (Å²) >= 11 is 0. The normalized spacial score (nSPS) is 13.4. The topological polar surface area (TPSA) is 0 Å². The van der Waals surface area contributed by atoms with Gasteiger partial charge < -0.3 is 0 Å². The molecule has 0 amide bonds. The van der Waals surface area contributed by atoms with Crippen LogP contribution >= 0.6 is 0 Å². The molecule has 20 heavy (non-hydrogen) atoms. The molecule has 0 aliphatic rings. The Morgan fingerprint density at radius 1 is 0.700 bits per heavy atom. The molecule has 0 radical (unpaired) electrons. The van der Waals surface area contributed by atoms with E-state index in [-0.39, 0.29) is 0 Å². The van der Waals surface area contributed by atoms with Crippen molar-refractivity contribution in [1.29, 1.82) is 0 Å². The highest BCUT2D eigenvalue weighted by atomic mass is 28.3. The number of hydrogen-bond acceptors (Lipinski definition) is 0. The Bertz CT molecular complexity index is 509. The zero-order valence-corrected chi connectivity index (χ0v) is 17.9. The monoisotopic (exact) mass is 320 g/mol. The van der Waals surface area contributed by atoms with Crippen LogP contribution in [-0.4, -0.2) is 24.2 Å². The Balaban J connectivity index is 3.91. The van der Waals surface area contributed by atoms with Crippen LogP contribution < -0.4 is 15.6 Å². The molecule has 0 fully saturated rings. The number of benzene rings is 1. The summed E-state index contributed by atoms with van der Waals surface area (Å²) in [5, 5.41) is 5.14. The molecule has 0 N–H and O–H groups in total. The van der Waals surface area contributed by atoms with Gasteiger partial charge in [-0.05, 0) is 5.56 Å². The lowest BCUT2D eigenvalue weighted by atomic mass is 10.2. The van der Waals surface area contributed by atoms with E-state index in [1.54, 1.807) is 15.6 Å². The summed E-state index contributed by atoms with van der Waals surface area (Å²) in [5.74, 6) is 0. The predicted octanol–water partition coefficient (Wildman–Crippen LogP) is 3.97. The molecule has 1 rings (SSSR count). The van der Waals surface area contributed by atoms with Gasteiger partial charge in [-0.2, -0.15) is 0 Å². The van der Waals surface area contributed by atoms with Crippen LogP contribution in [0.5, 0.6) is 0 Å². The van der Waals surface area contributed by atoms with Crippen LogP contribution in [0.3, 0.4) is 0 Å². The van der Waals surface area contributed by atoms with Crippen molar-refractivity contribution in [3.05, 3.63) is 24.3 Å². The smallest absolute Gasteiger partial charge is 0.0782 e. The van der Waals surface area contributed by atoms with Crippen LogP contribution in [-0.2, 0) is 0 Å². The predicted molar refractivity (Wildman–Crippen MR) is 105 cm³/mol. The number of hydrogen-bond donors (Lipinski definition) is 0. The summed E-state index contributed by atoms with van der Waals surface area (Å²) in [6.45, 7) is 26.5. The summed E-state index contributed by atoms with van der Waals surface area (Å²) in [4.78, 5) is 0. The van der Waals surface area contributed by atoms with Crippen LogP contribution in [0, 0.1) is 0 Å². The molecular weight excluding hydrogens is 288 g/mol. The first-order chi connectivity index (χ1) is 8.80. The molecule has 0 aliphatic carbocycles. The SMILES string of the molecule is C=Cc1ccc([Si](C)(C)C)c([Si](C)(C)C)c1[Si](C)(C)C. The first-order valence-electron chi connectivity index (χ1n) is 7.61. The Kier molecular flexibility index (Phi) is 4.79. The average Bonchev–Trinajstić information content (AvgIpc) is 2.23. The van der Waals surface area contributed by atoms with E-state index in [0.29, 0.717) is 0 Å². The molecule has 3 heteroatoms. The molecule has 0 atom stereocenters. The second kappa shape index (κ2) is 5.43. The second-order valence-corrected chi connectivity index (χ2v) is 23.9. The summed E-state index contributed by atoms with van der Waals surface area (Å²) in [6, 6.07) is 4.75. The highest BCUT2D eigenvalue weighted by Crippen LogP contribution is 2.13. The van der Waals surface area contributed by atoms with Gasteiger partial charge in [0.15, 0.2) is 0 Å². The van der Waals surface area contributed by atoms with Crippen molar-refractivity contribution >= 4 is 45.9 Å². The van der Waals surface area contributed by atoms with Crippen molar-refractivity contribution in [3.63, 3.8) is 0 Å². The third kappa shape index (κ3) is 3.63. The highest BCUT2D eigenvalue weighted by Gasteiger charge is 2.34. The van der Waals surface area contributed by atoms with Crippen molar-refractivity contribution in [3.8, 4) is 0 Å². The van der Waals surface area contributed by atoms with E-state index >= 15 is 0 Å². The van der Waals surface area contributed by atoms with Crippen molar-refractivity contribution in [1.82, 2.24) is 0 Å². The molecule has 0 saturated carbocycles. The lowest BCUT2D eigenvalue weighted by molar-refractivity contribution is 1.63. The Labute approximate surface area is 129 Å². The fourth-order valence-corrected chi connectivity index (χ4v) is 12.8. The molecule has 1 aromatic rings. The van der Waals surface area contributed by atoms with Crippen molar-refractivity contribution < 1.29 is 0 Å². The fourth-order valence-electron chi connectivity index (χ4n) is 3.00. The zero-order valence-electron chi connectivity index (χ0n) is 14.9. The third-order valence-electron chi connectivity index (χ3n) is 3.77. The van der Waals surface area contributed by atoms with Gasteiger partial charge in [0.1, 0.15) is 0 Å². The molecular formula is C17H32Si3. The van der Waals surface area contributed by atoms with Crippen LogP contribution in [0.4, 0.5) is 0 Å². The van der Waals surface area contributed by atoms with Crippen LogP contribution in [0.1, 0.15) is 5.56 Å². The Morgan fingerprint density at radius 3 is 1.45 bits per heavy atom. The summed E-state index contributed by atoms with van der Waals surface area (Å²) < 4.78 is 0. The van der Waals surface area contributed by atoms with Gasteiger partial charge in [0.05, 0.1) is 24.2 Å². The molecule has 112 valence electrons. The molecule has 0 aromatic heterocycles. The maximum absolute atomic E-state index is 4.07. The molecule has 0 heterocycles. The lowest BCUT2D eigenvalue weighted by Gasteiger charge is -2.35. The van der Waals surface area contributed by atoms with E-state index in [1.165, 1.54) is 5.56 Å². The van der Waals surface area contributed by atoms with E-state index < -0.39 is 24.2 Å². The fraction of sp³-hybridized carbons (Fsp3) is 0.529. The quantitative estimate of drug-likeness (QED) is 0.737. The number of rotatable bonds is 4. The first-order valence-corrected chi connectivity index (χ1v) is 18.1. The van der Waals surface area contributed by atoms with Gasteiger partial charge in [0.2, 0.25) is 0 Å². The van der Waals surface area contributed by atoms with Crippen molar-refractivity contribution in [2.24, 2.45) is 0 Å². The molecule has 1 aromatic carbocycles. The third-order valence-corrected chi connectivity index (χ3v) is 10.4. The Hall–Kier alpha value is -0.389. The molecule has 0 nitrogen and oxygen atoms in total. The molecule has 0 unspecified atom stereocenters. The maximum Gasteiger partial charge on any atom is 0.0782 e. The first kappa shape index (κ1) is 17.7.